The molecule has 3 rings (SSSR count). The van der Waals surface area contributed by atoms with Gasteiger partial charge in [-0.05, 0) is 19.1 Å². The zero-order valence-corrected chi connectivity index (χ0v) is 10.3. The number of benzene rings is 1. The van der Waals surface area contributed by atoms with Crippen molar-refractivity contribution in [3.8, 4) is 0 Å². The molecule has 0 aliphatic rings. The van der Waals surface area contributed by atoms with Crippen LogP contribution in [0.2, 0.25) is 0 Å². The molecule has 0 aliphatic heterocycles. The molecular formula is C14H15N3O. The van der Waals surface area contributed by atoms with Gasteiger partial charge < -0.3 is 10.2 Å². The van der Waals surface area contributed by atoms with Crippen molar-refractivity contribution in [3.05, 3.63) is 53.5 Å². The fourth-order valence-corrected chi connectivity index (χ4v) is 2.20. The SMILES string of the molecule is Cc1ccnn1Cc1c(CN)oc2ccccc12. The molecule has 0 atom stereocenters. The Bertz CT molecular complexity index is 681. The molecule has 0 aliphatic carbocycles. The van der Waals surface area contributed by atoms with Crippen LogP contribution in [0.25, 0.3) is 11.0 Å². The topological polar surface area (TPSA) is 57.0 Å². The number of aromatic nitrogens is 2. The van der Waals surface area contributed by atoms with E-state index >= 15 is 0 Å². The van der Waals surface area contributed by atoms with Crippen molar-refractivity contribution in [3.63, 3.8) is 0 Å². The molecule has 0 amide bonds. The molecule has 4 heteroatoms. The molecule has 0 saturated heterocycles. The lowest BCUT2D eigenvalue weighted by molar-refractivity contribution is 0.537. The Morgan fingerprint density at radius 3 is 2.83 bits per heavy atom. The van der Waals surface area contributed by atoms with E-state index in [4.69, 9.17) is 10.2 Å². The zero-order valence-electron chi connectivity index (χ0n) is 10.3. The summed E-state index contributed by atoms with van der Waals surface area (Å²) in [6.45, 7) is 3.14. The highest BCUT2D eigenvalue weighted by molar-refractivity contribution is 5.82. The summed E-state index contributed by atoms with van der Waals surface area (Å²) in [5.41, 5.74) is 8.90. The standard InChI is InChI=1S/C14H15N3O/c1-10-6-7-16-17(10)9-12-11-4-2-3-5-13(11)18-14(12)8-15/h2-7H,8-9,15H2,1H3. The van der Waals surface area contributed by atoms with Crippen molar-refractivity contribution in [2.45, 2.75) is 20.0 Å². The zero-order chi connectivity index (χ0) is 12.5. The first-order valence-electron chi connectivity index (χ1n) is 5.97. The number of para-hydroxylation sites is 1. The Morgan fingerprint density at radius 2 is 2.11 bits per heavy atom. The van der Waals surface area contributed by atoms with Crippen molar-refractivity contribution in [1.82, 2.24) is 9.78 Å². The van der Waals surface area contributed by atoms with E-state index in [2.05, 4.69) is 11.2 Å². The van der Waals surface area contributed by atoms with Crippen LogP contribution in [-0.2, 0) is 13.1 Å². The van der Waals surface area contributed by atoms with Gasteiger partial charge in [0.25, 0.3) is 0 Å². The Balaban J connectivity index is 2.12. The van der Waals surface area contributed by atoms with E-state index in [1.807, 2.05) is 35.9 Å². The maximum absolute atomic E-state index is 5.77. The van der Waals surface area contributed by atoms with E-state index in [1.54, 1.807) is 6.20 Å². The van der Waals surface area contributed by atoms with Crippen LogP contribution in [0.3, 0.4) is 0 Å². The van der Waals surface area contributed by atoms with Crippen LogP contribution >= 0.6 is 0 Å². The lowest BCUT2D eigenvalue weighted by Gasteiger charge is -2.04. The highest BCUT2D eigenvalue weighted by atomic mass is 16.3. The van der Waals surface area contributed by atoms with Gasteiger partial charge in [0.15, 0.2) is 0 Å². The van der Waals surface area contributed by atoms with Gasteiger partial charge in [0.05, 0.1) is 13.1 Å². The van der Waals surface area contributed by atoms with E-state index in [-0.39, 0.29) is 0 Å². The fraction of sp³-hybridized carbons (Fsp3) is 0.214. The first-order chi connectivity index (χ1) is 8.79. The molecule has 2 heterocycles. The third kappa shape index (κ3) is 1.71. The first-order valence-corrected chi connectivity index (χ1v) is 5.97. The van der Waals surface area contributed by atoms with Crippen molar-refractivity contribution < 1.29 is 4.42 Å². The van der Waals surface area contributed by atoms with Crippen LogP contribution in [0.4, 0.5) is 0 Å². The lowest BCUT2D eigenvalue weighted by Crippen LogP contribution is -2.06. The van der Waals surface area contributed by atoms with Gasteiger partial charge in [0.1, 0.15) is 11.3 Å². The second kappa shape index (κ2) is 4.31. The van der Waals surface area contributed by atoms with Gasteiger partial charge >= 0.3 is 0 Å². The average Bonchev–Trinajstić information content (AvgIpc) is 2.95. The highest BCUT2D eigenvalue weighted by Gasteiger charge is 2.13. The molecule has 0 radical (unpaired) electrons. The number of fused-ring (bicyclic) bond motifs is 1. The first kappa shape index (κ1) is 11.0. The van der Waals surface area contributed by atoms with Gasteiger partial charge in [-0.2, -0.15) is 5.10 Å². The van der Waals surface area contributed by atoms with Crippen LogP contribution in [0, 0.1) is 6.92 Å². The molecule has 18 heavy (non-hydrogen) atoms. The summed E-state index contributed by atoms with van der Waals surface area (Å²) in [5.74, 6) is 0.839. The number of nitrogens with zero attached hydrogens (tertiary/aromatic N) is 2. The van der Waals surface area contributed by atoms with Crippen LogP contribution < -0.4 is 5.73 Å². The normalized spacial score (nSPS) is 11.2. The van der Waals surface area contributed by atoms with Crippen molar-refractivity contribution in [2.24, 2.45) is 5.73 Å². The minimum atomic E-state index is 0.407. The third-order valence-electron chi connectivity index (χ3n) is 3.20. The maximum atomic E-state index is 5.77. The maximum Gasteiger partial charge on any atom is 0.134 e. The van der Waals surface area contributed by atoms with Crippen LogP contribution in [-0.4, -0.2) is 9.78 Å². The summed E-state index contributed by atoms with van der Waals surface area (Å²) >= 11 is 0. The fourth-order valence-electron chi connectivity index (χ4n) is 2.20. The van der Waals surface area contributed by atoms with E-state index in [9.17, 15) is 0 Å². The van der Waals surface area contributed by atoms with Crippen molar-refractivity contribution in [2.75, 3.05) is 0 Å². The Morgan fingerprint density at radius 1 is 1.28 bits per heavy atom. The molecule has 2 N–H and O–H groups in total. The summed E-state index contributed by atoms with van der Waals surface area (Å²) in [6, 6.07) is 10.00. The van der Waals surface area contributed by atoms with Crippen molar-refractivity contribution >= 4 is 11.0 Å². The van der Waals surface area contributed by atoms with E-state index < -0.39 is 0 Å². The second-order valence-corrected chi connectivity index (χ2v) is 4.33. The monoisotopic (exact) mass is 241 g/mol. The summed E-state index contributed by atoms with van der Waals surface area (Å²) in [5, 5.41) is 5.43. The molecule has 4 nitrogen and oxygen atoms in total. The van der Waals surface area contributed by atoms with Gasteiger partial charge in [-0.3, -0.25) is 4.68 Å². The van der Waals surface area contributed by atoms with Gasteiger partial charge in [-0.15, -0.1) is 0 Å². The molecule has 0 saturated carbocycles. The summed E-state index contributed by atoms with van der Waals surface area (Å²) < 4.78 is 7.73. The second-order valence-electron chi connectivity index (χ2n) is 4.33. The Kier molecular flexibility index (Phi) is 2.64. The molecule has 2 aromatic heterocycles. The van der Waals surface area contributed by atoms with Crippen LogP contribution in [0.15, 0.2) is 40.9 Å². The Labute approximate surface area is 105 Å². The average molecular weight is 241 g/mol. The van der Waals surface area contributed by atoms with E-state index in [0.717, 1.165) is 28.0 Å². The summed E-state index contributed by atoms with van der Waals surface area (Å²) in [4.78, 5) is 0. The molecule has 3 aromatic rings. The third-order valence-corrected chi connectivity index (χ3v) is 3.20. The molecule has 0 fully saturated rings. The molecule has 0 unspecified atom stereocenters. The number of rotatable bonds is 3. The summed E-state index contributed by atoms with van der Waals surface area (Å²) in [7, 11) is 0. The van der Waals surface area contributed by atoms with Crippen molar-refractivity contribution in [1.29, 1.82) is 0 Å². The lowest BCUT2D eigenvalue weighted by atomic mass is 10.1. The molecule has 1 aromatic carbocycles. The minimum absolute atomic E-state index is 0.407. The quantitative estimate of drug-likeness (QED) is 0.766. The molecule has 92 valence electrons. The van der Waals surface area contributed by atoms with Gasteiger partial charge in [-0.1, -0.05) is 18.2 Å². The van der Waals surface area contributed by atoms with E-state index in [1.165, 1.54) is 0 Å². The van der Waals surface area contributed by atoms with Gasteiger partial charge in [0.2, 0.25) is 0 Å². The van der Waals surface area contributed by atoms with E-state index in [0.29, 0.717) is 13.1 Å². The van der Waals surface area contributed by atoms with Gasteiger partial charge in [0, 0.05) is 22.8 Å². The summed E-state index contributed by atoms with van der Waals surface area (Å²) in [6.07, 6.45) is 1.81. The predicted octanol–water partition coefficient (Wildman–Crippen LogP) is 2.44. The predicted molar refractivity (Wildman–Crippen MR) is 70.2 cm³/mol. The Hall–Kier alpha value is -2.07. The van der Waals surface area contributed by atoms with Gasteiger partial charge in [-0.25, -0.2) is 0 Å². The number of aryl methyl sites for hydroxylation is 1. The number of hydrogen-bond acceptors (Lipinski definition) is 3. The van der Waals surface area contributed by atoms with Crippen LogP contribution in [0.1, 0.15) is 17.0 Å². The molecule has 0 bridgehead atoms. The van der Waals surface area contributed by atoms with Crippen LogP contribution in [0.5, 0.6) is 0 Å². The number of furan rings is 1. The molecular weight excluding hydrogens is 226 g/mol. The smallest absolute Gasteiger partial charge is 0.134 e. The number of hydrogen-bond donors (Lipinski definition) is 1. The largest absolute Gasteiger partial charge is 0.459 e. The number of nitrogens with two attached hydrogens (primary N) is 1. The highest BCUT2D eigenvalue weighted by Crippen LogP contribution is 2.26. The minimum Gasteiger partial charge on any atom is -0.459 e. The molecule has 0 spiro atoms.